The summed E-state index contributed by atoms with van der Waals surface area (Å²) in [6, 6.07) is 15.1. The Morgan fingerprint density at radius 3 is 2.64 bits per heavy atom. The highest BCUT2D eigenvalue weighted by molar-refractivity contribution is 6.33. The molecule has 116 valence electrons. The van der Waals surface area contributed by atoms with Crippen LogP contribution in [0.25, 0.3) is 0 Å². The second kappa shape index (κ2) is 8.29. The second-order valence-electron chi connectivity index (χ2n) is 4.75. The molecule has 22 heavy (non-hydrogen) atoms. The number of carbonyl (C=O) groups is 1. The number of benzene rings is 2. The summed E-state index contributed by atoms with van der Waals surface area (Å²) in [7, 11) is 1.62. The fourth-order valence-corrected chi connectivity index (χ4v) is 2.25. The first-order valence-corrected chi connectivity index (χ1v) is 7.45. The van der Waals surface area contributed by atoms with E-state index in [4.69, 9.17) is 16.3 Å². The molecule has 0 unspecified atom stereocenters. The Balaban J connectivity index is 1.75. The van der Waals surface area contributed by atoms with E-state index in [0.29, 0.717) is 24.5 Å². The van der Waals surface area contributed by atoms with Gasteiger partial charge in [-0.05, 0) is 18.2 Å². The maximum atomic E-state index is 11.9. The van der Waals surface area contributed by atoms with Crippen molar-refractivity contribution in [2.24, 2.45) is 0 Å². The standard InChI is InChI=1S/C17H19ClN2O2/c1-22-16-9-5-2-6-13(16)12-20-17(21)10-11-19-15-8-4-3-7-14(15)18/h2-9,19H,10-12H2,1H3,(H,20,21). The summed E-state index contributed by atoms with van der Waals surface area (Å²) in [5.41, 5.74) is 1.79. The predicted molar refractivity (Wildman–Crippen MR) is 89.4 cm³/mol. The Hall–Kier alpha value is -2.20. The van der Waals surface area contributed by atoms with Crippen molar-refractivity contribution in [3.63, 3.8) is 0 Å². The van der Waals surface area contributed by atoms with Gasteiger partial charge in [0, 0.05) is 25.1 Å². The maximum absolute atomic E-state index is 11.9. The minimum absolute atomic E-state index is 0.0227. The molecule has 0 aliphatic carbocycles. The molecular formula is C17H19ClN2O2. The third-order valence-electron chi connectivity index (χ3n) is 3.21. The molecule has 1 amide bonds. The molecule has 0 saturated heterocycles. The number of rotatable bonds is 7. The van der Waals surface area contributed by atoms with Crippen LogP contribution in [0.3, 0.4) is 0 Å². The first-order chi connectivity index (χ1) is 10.7. The quantitative estimate of drug-likeness (QED) is 0.822. The molecule has 5 heteroatoms. The molecule has 0 aliphatic rings. The highest BCUT2D eigenvalue weighted by Gasteiger charge is 2.05. The van der Waals surface area contributed by atoms with Crippen LogP contribution in [-0.4, -0.2) is 19.6 Å². The van der Waals surface area contributed by atoms with E-state index >= 15 is 0 Å². The fraction of sp³-hybridized carbons (Fsp3) is 0.235. The van der Waals surface area contributed by atoms with Gasteiger partial charge in [-0.1, -0.05) is 41.9 Å². The fourth-order valence-electron chi connectivity index (χ4n) is 2.05. The highest BCUT2D eigenvalue weighted by Crippen LogP contribution is 2.20. The first kappa shape index (κ1) is 16.2. The third kappa shape index (κ3) is 4.67. The third-order valence-corrected chi connectivity index (χ3v) is 3.54. The second-order valence-corrected chi connectivity index (χ2v) is 5.15. The Morgan fingerprint density at radius 2 is 1.86 bits per heavy atom. The average Bonchev–Trinajstić information content (AvgIpc) is 2.55. The summed E-state index contributed by atoms with van der Waals surface area (Å²) in [5.74, 6) is 0.752. The Kier molecular flexibility index (Phi) is 6.10. The van der Waals surface area contributed by atoms with Gasteiger partial charge in [-0.15, -0.1) is 0 Å². The van der Waals surface area contributed by atoms with Crippen LogP contribution in [0, 0.1) is 0 Å². The van der Waals surface area contributed by atoms with Crippen molar-refractivity contribution in [2.75, 3.05) is 19.0 Å². The lowest BCUT2D eigenvalue weighted by Crippen LogP contribution is -2.25. The Labute approximate surface area is 135 Å². The normalized spacial score (nSPS) is 10.1. The van der Waals surface area contributed by atoms with Crippen LogP contribution < -0.4 is 15.4 Å². The molecule has 0 aromatic heterocycles. The Bertz CT molecular complexity index is 632. The molecule has 2 N–H and O–H groups in total. The molecule has 4 nitrogen and oxygen atoms in total. The average molecular weight is 319 g/mol. The zero-order chi connectivity index (χ0) is 15.8. The van der Waals surface area contributed by atoms with Gasteiger partial charge in [-0.3, -0.25) is 4.79 Å². The monoisotopic (exact) mass is 318 g/mol. The number of nitrogens with one attached hydrogen (secondary N) is 2. The molecule has 2 aromatic rings. The SMILES string of the molecule is COc1ccccc1CNC(=O)CCNc1ccccc1Cl. The van der Waals surface area contributed by atoms with Gasteiger partial charge in [0.25, 0.3) is 0 Å². The number of halogens is 1. The predicted octanol–water partition coefficient (Wildman–Crippen LogP) is 3.47. The summed E-state index contributed by atoms with van der Waals surface area (Å²) in [6.45, 7) is 0.983. The zero-order valence-electron chi connectivity index (χ0n) is 12.4. The lowest BCUT2D eigenvalue weighted by Gasteiger charge is -2.10. The van der Waals surface area contributed by atoms with Crippen LogP contribution in [0.4, 0.5) is 5.69 Å². The van der Waals surface area contributed by atoms with E-state index in [-0.39, 0.29) is 5.91 Å². The minimum Gasteiger partial charge on any atom is -0.496 e. The number of carbonyl (C=O) groups excluding carboxylic acids is 1. The van der Waals surface area contributed by atoms with Gasteiger partial charge < -0.3 is 15.4 Å². The van der Waals surface area contributed by atoms with Crippen molar-refractivity contribution < 1.29 is 9.53 Å². The van der Waals surface area contributed by atoms with Gasteiger partial charge in [0.1, 0.15) is 5.75 Å². The van der Waals surface area contributed by atoms with Crippen LogP contribution in [0.2, 0.25) is 5.02 Å². The molecule has 0 fully saturated rings. The van der Waals surface area contributed by atoms with Crippen molar-refractivity contribution in [1.82, 2.24) is 5.32 Å². The van der Waals surface area contributed by atoms with E-state index in [0.717, 1.165) is 17.0 Å². The van der Waals surface area contributed by atoms with Gasteiger partial charge in [-0.25, -0.2) is 0 Å². The molecule has 2 rings (SSSR count). The van der Waals surface area contributed by atoms with E-state index in [9.17, 15) is 4.79 Å². The van der Waals surface area contributed by atoms with E-state index in [1.54, 1.807) is 7.11 Å². The lowest BCUT2D eigenvalue weighted by atomic mass is 10.2. The van der Waals surface area contributed by atoms with Gasteiger partial charge in [0.05, 0.1) is 17.8 Å². The largest absolute Gasteiger partial charge is 0.496 e. The molecule has 0 radical (unpaired) electrons. The van der Waals surface area contributed by atoms with Gasteiger partial charge >= 0.3 is 0 Å². The number of methoxy groups -OCH3 is 1. The van der Waals surface area contributed by atoms with Crippen molar-refractivity contribution in [3.05, 3.63) is 59.1 Å². The summed E-state index contributed by atoms with van der Waals surface area (Å²) >= 11 is 6.04. The van der Waals surface area contributed by atoms with E-state index in [1.807, 2.05) is 48.5 Å². The highest BCUT2D eigenvalue weighted by atomic mass is 35.5. The molecule has 2 aromatic carbocycles. The topological polar surface area (TPSA) is 50.4 Å². The molecule has 0 saturated carbocycles. The van der Waals surface area contributed by atoms with Crippen molar-refractivity contribution in [1.29, 1.82) is 0 Å². The molecule has 0 atom stereocenters. The summed E-state index contributed by atoms with van der Waals surface area (Å²) in [5, 5.41) is 6.68. The summed E-state index contributed by atoms with van der Waals surface area (Å²) in [6.07, 6.45) is 0.375. The number of amides is 1. The maximum Gasteiger partial charge on any atom is 0.222 e. The molecule has 0 aliphatic heterocycles. The smallest absolute Gasteiger partial charge is 0.222 e. The van der Waals surface area contributed by atoms with Crippen molar-refractivity contribution in [2.45, 2.75) is 13.0 Å². The molecule has 0 spiro atoms. The van der Waals surface area contributed by atoms with Gasteiger partial charge in [-0.2, -0.15) is 0 Å². The molecule has 0 bridgehead atoms. The van der Waals surface area contributed by atoms with Crippen LogP contribution >= 0.6 is 11.6 Å². The van der Waals surface area contributed by atoms with Gasteiger partial charge in [0.15, 0.2) is 0 Å². The van der Waals surface area contributed by atoms with Crippen LogP contribution in [0.15, 0.2) is 48.5 Å². The number of ether oxygens (including phenoxy) is 1. The molecule has 0 heterocycles. The van der Waals surface area contributed by atoms with Crippen LogP contribution in [0.1, 0.15) is 12.0 Å². The van der Waals surface area contributed by atoms with Crippen LogP contribution in [-0.2, 0) is 11.3 Å². The number of hydrogen-bond donors (Lipinski definition) is 2. The Morgan fingerprint density at radius 1 is 1.14 bits per heavy atom. The summed E-state index contributed by atoms with van der Waals surface area (Å²) < 4.78 is 5.25. The molecular weight excluding hydrogens is 300 g/mol. The number of anilines is 1. The van der Waals surface area contributed by atoms with E-state index in [2.05, 4.69) is 10.6 Å². The van der Waals surface area contributed by atoms with Gasteiger partial charge in [0.2, 0.25) is 5.91 Å². The van der Waals surface area contributed by atoms with Crippen molar-refractivity contribution in [3.8, 4) is 5.75 Å². The lowest BCUT2D eigenvalue weighted by molar-refractivity contribution is -0.121. The number of para-hydroxylation sites is 2. The summed E-state index contributed by atoms with van der Waals surface area (Å²) in [4.78, 5) is 11.9. The zero-order valence-corrected chi connectivity index (χ0v) is 13.2. The van der Waals surface area contributed by atoms with E-state index < -0.39 is 0 Å². The van der Waals surface area contributed by atoms with Crippen molar-refractivity contribution >= 4 is 23.2 Å². The number of hydrogen-bond acceptors (Lipinski definition) is 3. The minimum atomic E-state index is -0.0227. The first-order valence-electron chi connectivity index (χ1n) is 7.07. The van der Waals surface area contributed by atoms with Crippen LogP contribution in [0.5, 0.6) is 5.75 Å². The van der Waals surface area contributed by atoms with E-state index in [1.165, 1.54) is 0 Å².